The summed E-state index contributed by atoms with van der Waals surface area (Å²) in [7, 11) is 3.53. The Balaban J connectivity index is 1.28. The lowest BCUT2D eigenvalue weighted by molar-refractivity contribution is 0.102. The summed E-state index contributed by atoms with van der Waals surface area (Å²) < 4.78 is 9.45. The van der Waals surface area contributed by atoms with Gasteiger partial charge in [0.25, 0.3) is 5.91 Å². The van der Waals surface area contributed by atoms with Gasteiger partial charge in [0.1, 0.15) is 11.6 Å². The van der Waals surface area contributed by atoms with E-state index in [1.807, 2.05) is 60.7 Å². The second-order valence-corrected chi connectivity index (χ2v) is 10.1. The van der Waals surface area contributed by atoms with Crippen molar-refractivity contribution in [3.63, 3.8) is 0 Å². The Morgan fingerprint density at radius 1 is 1.02 bits per heavy atom. The number of rotatable bonds is 8. The molecule has 0 fully saturated rings. The van der Waals surface area contributed by atoms with Crippen LogP contribution in [0.1, 0.15) is 46.6 Å². The van der Waals surface area contributed by atoms with E-state index in [2.05, 4.69) is 52.8 Å². The molecule has 1 amide bonds. The number of benzene rings is 2. The Morgan fingerprint density at radius 2 is 1.83 bits per heavy atom. The number of methoxy groups -OCH3 is 1. The highest BCUT2D eigenvalue weighted by Gasteiger charge is 2.25. The fraction of sp³-hybridized carbons (Fsp3) is 0.250. The topological polar surface area (TPSA) is 98.9 Å². The third-order valence-electron chi connectivity index (χ3n) is 7.66. The second-order valence-electron chi connectivity index (χ2n) is 10.1. The van der Waals surface area contributed by atoms with Crippen LogP contribution in [0.4, 0.5) is 17.3 Å². The van der Waals surface area contributed by atoms with Crippen molar-refractivity contribution in [2.75, 3.05) is 17.7 Å². The molecule has 0 saturated carbocycles. The summed E-state index contributed by atoms with van der Waals surface area (Å²) in [6.07, 6.45) is 10.8. The van der Waals surface area contributed by atoms with Crippen molar-refractivity contribution < 1.29 is 9.53 Å². The summed E-state index contributed by atoms with van der Waals surface area (Å²) in [5, 5.41) is 10.8. The van der Waals surface area contributed by atoms with E-state index in [1.165, 1.54) is 0 Å². The van der Waals surface area contributed by atoms with Crippen LogP contribution in [0, 0.1) is 0 Å². The highest BCUT2D eigenvalue weighted by atomic mass is 16.5. The first-order chi connectivity index (χ1) is 20.0. The largest absolute Gasteiger partial charge is 0.495 e. The van der Waals surface area contributed by atoms with E-state index in [0.717, 1.165) is 76.4 Å². The molecule has 208 valence electrons. The van der Waals surface area contributed by atoms with Crippen LogP contribution in [0.3, 0.4) is 0 Å². The molecule has 6 rings (SSSR count). The summed E-state index contributed by atoms with van der Waals surface area (Å²) in [4.78, 5) is 22.9. The molecule has 0 saturated heterocycles. The maximum Gasteiger partial charge on any atom is 0.257 e. The van der Waals surface area contributed by atoms with Crippen molar-refractivity contribution in [2.45, 2.75) is 39.5 Å². The van der Waals surface area contributed by atoms with Crippen LogP contribution < -0.4 is 15.4 Å². The number of carbonyl (C=O) groups is 1. The molecule has 4 heterocycles. The third-order valence-corrected chi connectivity index (χ3v) is 7.66. The predicted octanol–water partition coefficient (Wildman–Crippen LogP) is 5.90. The number of hydrogen-bond donors (Lipinski definition) is 2. The Hall–Kier alpha value is -4.92. The molecule has 2 aromatic carbocycles. The van der Waals surface area contributed by atoms with Crippen molar-refractivity contribution in [1.82, 2.24) is 24.3 Å². The number of ether oxygens (including phenoxy) is 1. The van der Waals surface area contributed by atoms with Crippen molar-refractivity contribution >= 4 is 23.2 Å². The van der Waals surface area contributed by atoms with Crippen LogP contribution in [0.2, 0.25) is 0 Å². The molecule has 9 nitrogen and oxygen atoms in total. The quantitative estimate of drug-likeness (QED) is 0.251. The van der Waals surface area contributed by atoms with Crippen LogP contribution in [-0.2, 0) is 32.7 Å². The van der Waals surface area contributed by atoms with Gasteiger partial charge in [0.2, 0.25) is 5.95 Å². The van der Waals surface area contributed by atoms with Crippen LogP contribution >= 0.6 is 0 Å². The predicted molar refractivity (Wildman–Crippen MR) is 160 cm³/mol. The minimum absolute atomic E-state index is 0.0938. The molecular formula is C32H33N7O2. The van der Waals surface area contributed by atoms with Gasteiger partial charge in [-0.05, 0) is 60.6 Å². The number of aryl methyl sites for hydroxylation is 4. The molecule has 41 heavy (non-hydrogen) atoms. The Labute approximate surface area is 239 Å². The zero-order chi connectivity index (χ0) is 28.5. The fourth-order valence-electron chi connectivity index (χ4n) is 5.47. The summed E-state index contributed by atoms with van der Waals surface area (Å²) in [5.74, 6) is 1.81. The highest BCUT2D eigenvalue weighted by molar-refractivity contribution is 6.06. The van der Waals surface area contributed by atoms with Crippen molar-refractivity contribution in [3.8, 4) is 22.7 Å². The first-order valence-corrected chi connectivity index (χ1v) is 13.9. The van der Waals surface area contributed by atoms with E-state index < -0.39 is 0 Å². The average Bonchev–Trinajstić information content (AvgIpc) is 3.64. The van der Waals surface area contributed by atoms with Crippen LogP contribution in [0.5, 0.6) is 5.75 Å². The fourth-order valence-corrected chi connectivity index (χ4v) is 5.47. The second kappa shape index (κ2) is 10.9. The SMILES string of the molecule is CCc1cccc(CC)c1NC(=O)c1ccn2c1CCc1cnc(Nc3ccc(-c4cnn(C)c4)cc3OC)nc1-2. The Kier molecular flexibility index (Phi) is 7.01. The summed E-state index contributed by atoms with van der Waals surface area (Å²) in [6.45, 7) is 4.22. The zero-order valence-corrected chi connectivity index (χ0v) is 23.7. The minimum atomic E-state index is -0.0938. The molecule has 9 heteroatoms. The molecule has 1 aliphatic rings. The van der Waals surface area contributed by atoms with Gasteiger partial charge in [0.05, 0.1) is 24.6 Å². The standard InChI is InChI=1S/C32H33N7O2/c1-5-20-8-7-9-21(6-2)29(20)36-31(40)25-14-15-39-27(25)13-11-23-17-33-32(37-30(23)39)35-26-12-10-22(16-28(26)41-4)24-18-34-38(3)19-24/h7-10,12,14-19H,5-6,11,13H2,1-4H3,(H,36,40)(H,33,35,37). The number of hydrogen-bond acceptors (Lipinski definition) is 6. The highest BCUT2D eigenvalue weighted by Crippen LogP contribution is 2.33. The molecule has 0 radical (unpaired) electrons. The maximum absolute atomic E-state index is 13.5. The number of nitrogens with one attached hydrogen (secondary N) is 2. The van der Waals surface area contributed by atoms with Crippen molar-refractivity contribution in [1.29, 1.82) is 0 Å². The average molecular weight is 548 g/mol. The van der Waals surface area contributed by atoms with Gasteiger partial charge in [-0.2, -0.15) is 10.1 Å². The third kappa shape index (κ3) is 4.95. The first kappa shape index (κ1) is 26.3. The van der Waals surface area contributed by atoms with E-state index in [-0.39, 0.29) is 5.91 Å². The van der Waals surface area contributed by atoms with E-state index in [0.29, 0.717) is 17.3 Å². The van der Waals surface area contributed by atoms with E-state index in [1.54, 1.807) is 11.8 Å². The van der Waals surface area contributed by atoms with Gasteiger partial charge >= 0.3 is 0 Å². The van der Waals surface area contributed by atoms with Crippen LogP contribution in [-0.4, -0.2) is 37.3 Å². The summed E-state index contributed by atoms with van der Waals surface area (Å²) in [5.41, 5.74) is 8.63. The van der Waals surface area contributed by atoms with Gasteiger partial charge in [-0.3, -0.25) is 9.48 Å². The molecule has 0 bridgehead atoms. The Morgan fingerprint density at radius 3 is 2.54 bits per heavy atom. The van der Waals surface area contributed by atoms with Crippen molar-refractivity contribution in [3.05, 3.63) is 95.2 Å². The molecule has 1 aliphatic heterocycles. The molecule has 0 aliphatic carbocycles. The lowest BCUT2D eigenvalue weighted by Gasteiger charge is -2.21. The van der Waals surface area contributed by atoms with Gasteiger partial charge in [0.15, 0.2) is 0 Å². The normalized spacial score (nSPS) is 12.0. The molecule has 0 unspecified atom stereocenters. The van der Waals surface area contributed by atoms with Crippen molar-refractivity contribution in [2.24, 2.45) is 7.05 Å². The monoisotopic (exact) mass is 547 g/mol. The number of aromatic nitrogens is 5. The van der Waals surface area contributed by atoms with Gasteiger partial charge in [0, 0.05) is 48.1 Å². The number of anilines is 3. The molecule has 5 aromatic rings. The van der Waals surface area contributed by atoms with Gasteiger partial charge < -0.3 is 19.9 Å². The zero-order valence-electron chi connectivity index (χ0n) is 23.7. The van der Waals surface area contributed by atoms with E-state index >= 15 is 0 Å². The summed E-state index contributed by atoms with van der Waals surface area (Å²) in [6, 6.07) is 14.0. The van der Waals surface area contributed by atoms with E-state index in [9.17, 15) is 4.79 Å². The lowest BCUT2D eigenvalue weighted by Crippen LogP contribution is -2.20. The number of carbonyl (C=O) groups excluding carboxylic acids is 1. The molecular weight excluding hydrogens is 514 g/mol. The molecule has 0 spiro atoms. The van der Waals surface area contributed by atoms with Gasteiger partial charge in [-0.25, -0.2) is 4.98 Å². The maximum atomic E-state index is 13.5. The van der Waals surface area contributed by atoms with Crippen LogP contribution in [0.15, 0.2) is 67.3 Å². The van der Waals surface area contributed by atoms with Gasteiger partial charge in [-0.15, -0.1) is 0 Å². The number of fused-ring (bicyclic) bond motifs is 3. The van der Waals surface area contributed by atoms with Crippen LogP contribution in [0.25, 0.3) is 16.9 Å². The number of amides is 1. The first-order valence-electron chi connectivity index (χ1n) is 13.9. The molecule has 2 N–H and O–H groups in total. The molecule has 0 atom stereocenters. The number of nitrogens with zero attached hydrogens (tertiary/aromatic N) is 5. The number of para-hydroxylation sites is 1. The smallest absolute Gasteiger partial charge is 0.257 e. The van der Waals surface area contributed by atoms with Gasteiger partial charge in [-0.1, -0.05) is 38.1 Å². The minimum Gasteiger partial charge on any atom is -0.495 e. The summed E-state index contributed by atoms with van der Waals surface area (Å²) >= 11 is 0. The Bertz CT molecular complexity index is 1730. The van der Waals surface area contributed by atoms with E-state index in [4.69, 9.17) is 9.72 Å². The lowest BCUT2D eigenvalue weighted by atomic mass is 10.0. The molecule has 3 aromatic heterocycles.